The Bertz CT molecular complexity index is 434. The van der Waals surface area contributed by atoms with E-state index >= 15 is 0 Å². The fraction of sp³-hybridized carbons (Fsp3) is 0.588. The molecule has 2 atom stereocenters. The summed E-state index contributed by atoms with van der Waals surface area (Å²) in [5.41, 5.74) is 3.12. The van der Waals surface area contributed by atoms with Crippen LogP contribution >= 0.6 is 0 Å². The van der Waals surface area contributed by atoms with Crippen molar-refractivity contribution in [3.05, 3.63) is 28.8 Å². The lowest BCUT2D eigenvalue weighted by Gasteiger charge is -2.22. The largest absolute Gasteiger partial charge is 0.496 e. The second kappa shape index (κ2) is 7.32. The molecule has 0 aliphatic carbocycles. The number of hydrogen-bond acceptors (Lipinski definition) is 2. The molecule has 0 fully saturated rings. The maximum Gasteiger partial charge on any atom is 0.307 e. The Labute approximate surface area is 122 Å². The van der Waals surface area contributed by atoms with Crippen LogP contribution in [0.5, 0.6) is 5.75 Å². The lowest BCUT2D eigenvalue weighted by atomic mass is 9.87. The highest BCUT2D eigenvalue weighted by Crippen LogP contribution is 2.38. The minimum Gasteiger partial charge on any atom is -0.496 e. The second-order valence-corrected chi connectivity index (χ2v) is 5.50. The Morgan fingerprint density at radius 3 is 1.90 bits per heavy atom. The normalized spacial score (nSPS) is 13.8. The van der Waals surface area contributed by atoms with Crippen LogP contribution in [-0.2, 0) is 11.2 Å². The molecule has 0 bridgehead atoms. The standard InChI is InChI=1S/C17H26O3/c1-6-11(3)14-8-13(10-16(18)19)9-15(12(4)7-2)17(14)20-5/h8-9,11-12H,6-7,10H2,1-5H3,(H,18,19). The first-order chi connectivity index (χ1) is 9.44. The smallest absolute Gasteiger partial charge is 0.307 e. The molecule has 0 heterocycles. The summed E-state index contributed by atoms with van der Waals surface area (Å²) in [4.78, 5) is 11.0. The molecule has 0 amide bonds. The lowest BCUT2D eigenvalue weighted by Crippen LogP contribution is -2.07. The minimum atomic E-state index is -0.791. The van der Waals surface area contributed by atoms with Crippen molar-refractivity contribution in [2.24, 2.45) is 0 Å². The zero-order valence-electron chi connectivity index (χ0n) is 13.2. The van der Waals surface area contributed by atoms with Gasteiger partial charge in [0.2, 0.25) is 0 Å². The van der Waals surface area contributed by atoms with Gasteiger partial charge in [-0.1, -0.05) is 39.8 Å². The molecule has 0 radical (unpaired) electrons. The number of benzene rings is 1. The van der Waals surface area contributed by atoms with Gasteiger partial charge in [0.1, 0.15) is 5.75 Å². The van der Waals surface area contributed by atoms with Gasteiger partial charge in [-0.05, 0) is 41.4 Å². The molecule has 112 valence electrons. The average Bonchev–Trinajstić information content (AvgIpc) is 2.43. The summed E-state index contributed by atoms with van der Waals surface area (Å²) in [6.07, 6.45) is 2.08. The number of carbonyl (C=O) groups is 1. The van der Waals surface area contributed by atoms with Gasteiger partial charge >= 0.3 is 5.97 Å². The van der Waals surface area contributed by atoms with Crippen LogP contribution in [0.25, 0.3) is 0 Å². The topological polar surface area (TPSA) is 46.5 Å². The number of methoxy groups -OCH3 is 1. The lowest BCUT2D eigenvalue weighted by molar-refractivity contribution is -0.136. The van der Waals surface area contributed by atoms with E-state index in [0.717, 1.165) is 35.3 Å². The molecule has 0 spiro atoms. The van der Waals surface area contributed by atoms with Gasteiger partial charge in [-0.2, -0.15) is 0 Å². The molecule has 0 aromatic heterocycles. The maximum atomic E-state index is 11.0. The molecule has 0 aliphatic heterocycles. The number of carboxylic acid groups (broad SMARTS) is 1. The number of ether oxygens (including phenoxy) is 1. The van der Waals surface area contributed by atoms with Crippen molar-refractivity contribution in [1.82, 2.24) is 0 Å². The van der Waals surface area contributed by atoms with Crippen molar-refractivity contribution in [3.63, 3.8) is 0 Å². The second-order valence-electron chi connectivity index (χ2n) is 5.50. The van der Waals surface area contributed by atoms with Crippen molar-refractivity contribution in [2.45, 2.75) is 58.8 Å². The third kappa shape index (κ3) is 3.75. The third-order valence-corrected chi connectivity index (χ3v) is 4.05. The molecule has 20 heavy (non-hydrogen) atoms. The number of aliphatic carboxylic acids is 1. The molecule has 3 heteroatoms. The molecule has 1 aromatic carbocycles. The molecule has 1 aromatic rings. The molecule has 1 N–H and O–H groups in total. The summed E-state index contributed by atoms with van der Waals surface area (Å²) < 4.78 is 5.63. The summed E-state index contributed by atoms with van der Waals surface area (Å²) in [7, 11) is 1.70. The predicted octanol–water partition coefficient (Wildman–Crippen LogP) is 4.35. The van der Waals surface area contributed by atoms with Gasteiger partial charge in [0.15, 0.2) is 0 Å². The number of carboxylic acids is 1. The molecule has 0 saturated carbocycles. The summed E-state index contributed by atoms with van der Waals surface area (Å²) in [6.45, 7) is 8.58. The highest BCUT2D eigenvalue weighted by molar-refractivity contribution is 5.70. The summed E-state index contributed by atoms with van der Waals surface area (Å²) >= 11 is 0. The van der Waals surface area contributed by atoms with Crippen molar-refractivity contribution >= 4 is 5.97 Å². The quantitative estimate of drug-likeness (QED) is 0.806. The van der Waals surface area contributed by atoms with Gasteiger partial charge in [0, 0.05) is 0 Å². The zero-order valence-corrected chi connectivity index (χ0v) is 13.2. The van der Waals surface area contributed by atoms with Crippen molar-refractivity contribution < 1.29 is 14.6 Å². The molecular formula is C17H26O3. The van der Waals surface area contributed by atoms with Crippen LogP contribution in [0, 0.1) is 0 Å². The van der Waals surface area contributed by atoms with Crippen LogP contribution in [0.4, 0.5) is 0 Å². The molecule has 0 saturated heterocycles. The van der Waals surface area contributed by atoms with E-state index in [2.05, 4.69) is 27.7 Å². The van der Waals surface area contributed by atoms with E-state index in [9.17, 15) is 4.79 Å². The summed E-state index contributed by atoms with van der Waals surface area (Å²) in [5.74, 6) is 0.867. The van der Waals surface area contributed by atoms with E-state index in [0.29, 0.717) is 11.8 Å². The molecular weight excluding hydrogens is 252 g/mol. The van der Waals surface area contributed by atoms with Crippen LogP contribution in [-0.4, -0.2) is 18.2 Å². The highest BCUT2D eigenvalue weighted by Gasteiger charge is 2.19. The van der Waals surface area contributed by atoms with Crippen LogP contribution < -0.4 is 4.74 Å². The van der Waals surface area contributed by atoms with E-state index in [1.165, 1.54) is 0 Å². The maximum absolute atomic E-state index is 11.0. The first-order valence-corrected chi connectivity index (χ1v) is 7.36. The van der Waals surface area contributed by atoms with E-state index in [1.807, 2.05) is 12.1 Å². The van der Waals surface area contributed by atoms with E-state index in [1.54, 1.807) is 7.11 Å². The van der Waals surface area contributed by atoms with Crippen LogP contribution in [0.3, 0.4) is 0 Å². The van der Waals surface area contributed by atoms with Gasteiger partial charge in [0.25, 0.3) is 0 Å². The van der Waals surface area contributed by atoms with E-state index < -0.39 is 5.97 Å². The Kier molecular flexibility index (Phi) is 6.05. The van der Waals surface area contributed by atoms with Gasteiger partial charge in [-0.3, -0.25) is 4.79 Å². The van der Waals surface area contributed by atoms with Gasteiger partial charge in [0.05, 0.1) is 13.5 Å². The molecule has 1 rings (SSSR count). The summed E-state index contributed by atoms with van der Waals surface area (Å²) in [6, 6.07) is 3.99. The molecule has 2 unspecified atom stereocenters. The zero-order chi connectivity index (χ0) is 15.3. The van der Waals surface area contributed by atoms with Gasteiger partial charge in [-0.25, -0.2) is 0 Å². The first kappa shape index (κ1) is 16.5. The minimum absolute atomic E-state index is 0.0663. The van der Waals surface area contributed by atoms with Gasteiger partial charge < -0.3 is 9.84 Å². The fourth-order valence-corrected chi connectivity index (χ4v) is 2.42. The average molecular weight is 278 g/mol. The number of rotatable bonds is 7. The monoisotopic (exact) mass is 278 g/mol. The van der Waals surface area contributed by atoms with E-state index in [4.69, 9.17) is 9.84 Å². The Morgan fingerprint density at radius 1 is 1.15 bits per heavy atom. The summed E-state index contributed by atoms with van der Waals surface area (Å²) in [5, 5.41) is 9.04. The first-order valence-electron chi connectivity index (χ1n) is 7.36. The third-order valence-electron chi connectivity index (χ3n) is 4.05. The van der Waals surface area contributed by atoms with Crippen LogP contribution in [0.15, 0.2) is 12.1 Å². The van der Waals surface area contributed by atoms with Gasteiger partial charge in [-0.15, -0.1) is 0 Å². The highest BCUT2D eigenvalue weighted by atomic mass is 16.5. The fourth-order valence-electron chi connectivity index (χ4n) is 2.42. The molecule has 3 nitrogen and oxygen atoms in total. The van der Waals surface area contributed by atoms with Crippen LogP contribution in [0.1, 0.15) is 69.1 Å². The van der Waals surface area contributed by atoms with Crippen LogP contribution in [0.2, 0.25) is 0 Å². The number of hydrogen-bond donors (Lipinski definition) is 1. The Balaban J connectivity index is 3.42. The predicted molar refractivity (Wildman–Crippen MR) is 81.7 cm³/mol. The Hall–Kier alpha value is -1.51. The van der Waals surface area contributed by atoms with Crippen molar-refractivity contribution in [1.29, 1.82) is 0 Å². The van der Waals surface area contributed by atoms with E-state index in [-0.39, 0.29) is 6.42 Å². The molecule has 0 aliphatic rings. The Morgan fingerprint density at radius 2 is 1.60 bits per heavy atom. The van der Waals surface area contributed by atoms with Crippen molar-refractivity contribution in [3.8, 4) is 5.75 Å². The van der Waals surface area contributed by atoms with Crippen molar-refractivity contribution in [2.75, 3.05) is 7.11 Å². The SMILES string of the molecule is CCC(C)c1cc(CC(=O)O)cc(C(C)CC)c1OC.